The molecular weight excluding hydrogens is 550 g/mol. The zero-order chi connectivity index (χ0) is 29.9. The predicted molar refractivity (Wildman–Crippen MR) is 167 cm³/mol. The molecule has 2 amide bonds. The summed E-state index contributed by atoms with van der Waals surface area (Å²) in [6, 6.07) is 15.2. The lowest BCUT2D eigenvalue weighted by molar-refractivity contribution is -0.137. The average Bonchev–Trinajstić information content (AvgIpc) is 3.53. The molecule has 0 saturated carbocycles. The molecular formula is C32H37N5O4S. The molecule has 1 unspecified atom stereocenters. The highest BCUT2D eigenvalue weighted by molar-refractivity contribution is 7.09. The topological polar surface area (TPSA) is 96.8 Å². The lowest BCUT2D eigenvalue weighted by Crippen LogP contribution is -2.47. The van der Waals surface area contributed by atoms with Crippen molar-refractivity contribution in [1.29, 1.82) is 0 Å². The zero-order valence-electron chi connectivity index (χ0n) is 24.5. The Balaban J connectivity index is 1.19. The maximum Gasteiger partial charge on any atom is 0.258 e. The molecule has 3 heterocycles. The van der Waals surface area contributed by atoms with E-state index in [2.05, 4.69) is 10.3 Å². The number of amides is 2. The summed E-state index contributed by atoms with van der Waals surface area (Å²) < 4.78 is 7.83. The van der Waals surface area contributed by atoms with Crippen molar-refractivity contribution in [2.45, 2.75) is 46.2 Å². The smallest absolute Gasteiger partial charge is 0.258 e. The van der Waals surface area contributed by atoms with Crippen LogP contribution in [0.2, 0.25) is 0 Å². The summed E-state index contributed by atoms with van der Waals surface area (Å²) in [7, 11) is 1.70. The number of fused-ring (bicyclic) bond motifs is 2. The van der Waals surface area contributed by atoms with Crippen LogP contribution in [-0.2, 0) is 16.1 Å². The molecule has 1 aliphatic rings. The van der Waals surface area contributed by atoms with Crippen LogP contribution in [0.5, 0.6) is 5.75 Å². The molecule has 0 bridgehead atoms. The van der Waals surface area contributed by atoms with E-state index in [0.717, 1.165) is 28.6 Å². The first-order valence-corrected chi connectivity index (χ1v) is 15.2. The number of anilines is 2. The van der Waals surface area contributed by atoms with Crippen molar-refractivity contribution in [2.24, 2.45) is 5.41 Å². The van der Waals surface area contributed by atoms with E-state index in [9.17, 15) is 14.4 Å². The maximum atomic E-state index is 13.1. The van der Waals surface area contributed by atoms with Crippen LogP contribution in [0.25, 0.3) is 10.8 Å². The number of rotatable bonds is 11. The first-order chi connectivity index (χ1) is 20.2. The number of nitrogens with one attached hydrogen (secondary N) is 1. The van der Waals surface area contributed by atoms with E-state index in [0.29, 0.717) is 43.4 Å². The van der Waals surface area contributed by atoms with Crippen molar-refractivity contribution in [2.75, 3.05) is 36.5 Å². The number of carbonyl (C=O) groups excluding carboxylic acids is 2. The van der Waals surface area contributed by atoms with Crippen molar-refractivity contribution in [3.05, 3.63) is 81.7 Å². The molecule has 0 fully saturated rings. The Labute approximate surface area is 249 Å². The van der Waals surface area contributed by atoms with Crippen LogP contribution < -0.4 is 25.4 Å². The van der Waals surface area contributed by atoms with E-state index in [4.69, 9.17) is 4.74 Å². The summed E-state index contributed by atoms with van der Waals surface area (Å²) in [4.78, 5) is 46.9. The van der Waals surface area contributed by atoms with E-state index in [1.165, 1.54) is 0 Å². The van der Waals surface area contributed by atoms with Gasteiger partial charge in [0.1, 0.15) is 16.2 Å². The molecule has 1 aliphatic heterocycles. The van der Waals surface area contributed by atoms with Gasteiger partial charge >= 0.3 is 0 Å². The van der Waals surface area contributed by atoms with Gasteiger partial charge in [0.25, 0.3) is 5.56 Å². The number of aromatic nitrogens is 2. The minimum Gasteiger partial charge on any atom is -0.493 e. The van der Waals surface area contributed by atoms with Gasteiger partial charge in [-0.15, -0.1) is 11.3 Å². The van der Waals surface area contributed by atoms with Crippen molar-refractivity contribution in [3.8, 4) is 5.75 Å². The maximum absolute atomic E-state index is 13.1. The summed E-state index contributed by atoms with van der Waals surface area (Å²) in [5, 5.41) is 8.21. The molecule has 42 heavy (non-hydrogen) atoms. The Morgan fingerprint density at radius 1 is 1.05 bits per heavy atom. The van der Waals surface area contributed by atoms with Crippen LogP contribution >= 0.6 is 11.3 Å². The van der Waals surface area contributed by atoms with Crippen molar-refractivity contribution >= 4 is 45.3 Å². The normalized spacial score (nSPS) is 15.5. The van der Waals surface area contributed by atoms with Gasteiger partial charge in [-0.25, -0.2) is 4.98 Å². The molecule has 10 heteroatoms. The van der Waals surface area contributed by atoms with Crippen LogP contribution in [0.1, 0.15) is 44.7 Å². The second kappa shape index (κ2) is 12.5. The van der Waals surface area contributed by atoms with Crippen molar-refractivity contribution in [3.63, 3.8) is 0 Å². The number of benzene rings is 2. The number of pyridine rings is 1. The van der Waals surface area contributed by atoms with E-state index >= 15 is 0 Å². The molecule has 5 rings (SSSR count). The molecule has 0 radical (unpaired) electrons. The molecule has 2 aromatic heterocycles. The predicted octanol–water partition coefficient (Wildman–Crippen LogP) is 5.00. The third-order valence-electron chi connectivity index (χ3n) is 7.81. The molecule has 0 saturated heterocycles. The fraction of sp³-hybridized carbons (Fsp3) is 0.375. The summed E-state index contributed by atoms with van der Waals surface area (Å²) >= 11 is 1.60. The monoisotopic (exact) mass is 587 g/mol. The fourth-order valence-corrected chi connectivity index (χ4v) is 6.15. The van der Waals surface area contributed by atoms with Crippen LogP contribution in [0.4, 0.5) is 11.4 Å². The zero-order valence-corrected chi connectivity index (χ0v) is 25.3. The SMILES string of the molecule is CCN1C(=O)C(C)(C)C(=O)N(C)c2cc(OCCCNC(CCn3ccc4ccccc4c3=O)c3nccs3)ccc21. The van der Waals surface area contributed by atoms with Crippen LogP contribution in [0.3, 0.4) is 0 Å². The molecule has 1 N–H and O–H groups in total. The van der Waals surface area contributed by atoms with Gasteiger partial charge in [0.15, 0.2) is 0 Å². The van der Waals surface area contributed by atoms with Crippen LogP contribution in [-0.4, -0.2) is 48.1 Å². The van der Waals surface area contributed by atoms with Crippen molar-refractivity contribution in [1.82, 2.24) is 14.9 Å². The fourth-order valence-electron chi connectivity index (χ4n) is 5.40. The molecule has 4 aromatic rings. The summed E-state index contributed by atoms with van der Waals surface area (Å²) in [5.74, 6) is 0.189. The number of hydrogen-bond donors (Lipinski definition) is 1. The highest BCUT2D eigenvalue weighted by Crippen LogP contribution is 2.40. The molecule has 1 atom stereocenters. The minimum absolute atomic E-state index is 0.0106. The van der Waals surface area contributed by atoms with Gasteiger partial charge in [-0.2, -0.15) is 0 Å². The van der Waals surface area contributed by atoms with E-state index < -0.39 is 5.41 Å². The summed E-state index contributed by atoms with van der Waals surface area (Å²) in [5.41, 5.74) is 0.230. The Morgan fingerprint density at radius 2 is 1.86 bits per heavy atom. The minimum atomic E-state index is -1.15. The van der Waals surface area contributed by atoms with Gasteiger partial charge in [0, 0.05) is 49.4 Å². The standard InChI is InChI=1S/C32H37N5O4S/c1-5-37-26-12-11-23(21-27(26)35(4)30(39)32(2,3)31(37)40)41-19-8-15-33-25(28-34-16-20-42-28)14-18-36-17-13-22-9-6-7-10-24(22)29(36)38/h6-7,9-13,16-17,20-21,25,33H,5,8,14-15,18-19H2,1-4H3. The number of carbonyl (C=O) groups is 2. The molecule has 220 valence electrons. The van der Waals surface area contributed by atoms with Crippen LogP contribution in [0.15, 0.2) is 71.1 Å². The summed E-state index contributed by atoms with van der Waals surface area (Å²) in [6.07, 6.45) is 5.13. The van der Waals surface area contributed by atoms with Gasteiger partial charge in [0.2, 0.25) is 11.8 Å². The largest absolute Gasteiger partial charge is 0.493 e. The quantitative estimate of drug-likeness (QED) is 0.196. The molecule has 0 aliphatic carbocycles. The van der Waals surface area contributed by atoms with Gasteiger partial charge in [-0.3, -0.25) is 14.4 Å². The van der Waals surface area contributed by atoms with E-state index in [1.54, 1.807) is 52.8 Å². The van der Waals surface area contributed by atoms with Gasteiger partial charge in [-0.1, -0.05) is 18.2 Å². The number of hydrogen-bond acceptors (Lipinski definition) is 7. The first kappa shape index (κ1) is 29.5. The molecule has 9 nitrogen and oxygen atoms in total. The first-order valence-electron chi connectivity index (χ1n) is 14.3. The second-order valence-electron chi connectivity index (χ2n) is 11.0. The van der Waals surface area contributed by atoms with Gasteiger partial charge < -0.3 is 24.4 Å². The van der Waals surface area contributed by atoms with Crippen LogP contribution in [0, 0.1) is 5.41 Å². The number of aryl methyl sites for hydroxylation is 1. The molecule has 2 aromatic carbocycles. The van der Waals surface area contributed by atoms with Gasteiger partial charge in [0.05, 0.1) is 24.0 Å². The van der Waals surface area contributed by atoms with Gasteiger partial charge in [-0.05, 0) is 69.8 Å². The van der Waals surface area contributed by atoms with E-state index in [-0.39, 0.29) is 23.4 Å². The third kappa shape index (κ3) is 5.82. The Morgan fingerprint density at radius 3 is 2.62 bits per heavy atom. The number of thiazole rings is 1. The summed E-state index contributed by atoms with van der Waals surface area (Å²) in [6.45, 7) is 7.47. The Hall–Kier alpha value is -4.02. The van der Waals surface area contributed by atoms with E-state index in [1.807, 2.05) is 67.0 Å². The highest BCUT2D eigenvalue weighted by atomic mass is 32.1. The Kier molecular flexibility index (Phi) is 8.74. The lowest BCUT2D eigenvalue weighted by Gasteiger charge is -2.27. The highest BCUT2D eigenvalue weighted by Gasteiger charge is 2.45. The number of ether oxygens (including phenoxy) is 1. The third-order valence-corrected chi connectivity index (χ3v) is 8.70. The number of nitrogens with zero attached hydrogens (tertiary/aromatic N) is 4. The molecule has 0 spiro atoms. The van der Waals surface area contributed by atoms with Crippen molar-refractivity contribution < 1.29 is 14.3 Å². The Bertz CT molecular complexity index is 1630. The average molecular weight is 588 g/mol. The second-order valence-corrected chi connectivity index (χ2v) is 11.9. The lowest BCUT2D eigenvalue weighted by atomic mass is 9.90.